The molecule has 0 heterocycles. The second-order valence-electron chi connectivity index (χ2n) is 6.27. The number of hydrogen-bond acceptors (Lipinski definition) is 2. The number of carbonyl (C=O) groups excluding carboxylic acids is 1. The van der Waals surface area contributed by atoms with Crippen molar-refractivity contribution in [1.82, 2.24) is 5.32 Å². The van der Waals surface area contributed by atoms with Crippen LogP contribution in [-0.4, -0.2) is 18.0 Å². The highest BCUT2D eigenvalue weighted by Crippen LogP contribution is 2.48. The van der Waals surface area contributed by atoms with Crippen molar-refractivity contribution in [3.05, 3.63) is 34.3 Å². The fourth-order valence-corrected chi connectivity index (χ4v) is 2.81. The molecular weight excluding hydrogens is 352 g/mol. The van der Waals surface area contributed by atoms with Gasteiger partial charge in [-0.1, -0.05) is 41.9 Å². The van der Waals surface area contributed by atoms with E-state index in [1.165, 1.54) is 5.56 Å². The predicted molar refractivity (Wildman–Crippen MR) is 92.7 cm³/mol. The molecule has 1 amide bonds. The Kier molecular flexibility index (Phi) is 6.26. The van der Waals surface area contributed by atoms with E-state index in [9.17, 15) is 4.79 Å². The first-order valence-electron chi connectivity index (χ1n) is 7.15. The van der Waals surface area contributed by atoms with Gasteiger partial charge in [0.05, 0.1) is 5.54 Å². The highest BCUT2D eigenvalue weighted by molar-refractivity contribution is 9.10. The number of nitrogens with two attached hydrogens (primary N) is 1. The van der Waals surface area contributed by atoms with Gasteiger partial charge in [-0.2, -0.15) is 0 Å². The molecule has 3 N–H and O–H groups in total. The molecule has 0 radical (unpaired) electrons. The molecule has 5 heteroatoms. The van der Waals surface area contributed by atoms with E-state index in [0.717, 1.165) is 10.9 Å². The maximum Gasteiger partial charge on any atom is 0.224 e. The summed E-state index contributed by atoms with van der Waals surface area (Å²) in [6, 6.07) is 8.21. The van der Waals surface area contributed by atoms with Crippen molar-refractivity contribution in [3.8, 4) is 0 Å². The van der Waals surface area contributed by atoms with Crippen LogP contribution in [0.15, 0.2) is 28.7 Å². The van der Waals surface area contributed by atoms with E-state index in [-0.39, 0.29) is 29.8 Å². The Morgan fingerprint density at radius 2 is 2.19 bits per heavy atom. The number of nitrogens with one attached hydrogen (secondary N) is 1. The average molecular weight is 376 g/mol. The maximum atomic E-state index is 12.4. The van der Waals surface area contributed by atoms with Crippen molar-refractivity contribution in [1.29, 1.82) is 0 Å². The third-order valence-electron chi connectivity index (χ3n) is 4.51. The quantitative estimate of drug-likeness (QED) is 0.828. The van der Waals surface area contributed by atoms with Gasteiger partial charge in [0.2, 0.25) is 5.91 Å². The normalized spacial score (nSPS) is 23.1. The Morgan fingerprint density at radius 3 is 2.71 bits per heavy atom. The van der Waals surface area contributed by atoms with Crippen LogP contribution in [0.4, 0.5) is 0 Å². The molecule has 21 heavy (non-hydrogen) atoms. The molecule has 2 rings (SSSR count). The lowest BCUT2D eigenvalue weighted by Crippen LogP contribution is -2.55. The summed E-state index contributed by atoms with van der Waals surface area (Å²) >= 11 is 3.48. The molecule has 0 aromatic heterocycles. The van der Waals surface area contributed by atoms with E-state index in [4.69, 9.17) is 5.73 Å². The Balaban J connectivity index is 0.00000220. The molecule has 0 aliphatic heterocycles. The molecule has 3 nitrogen and oxygen atoms in total. The minimum atomic E-state index is -0.318. The molecule has 0 saturated heterocycles. The minimum Gasteiger partial charge on any atom is -0.349 e. The smallest absolute Gasteiger partial charge is 0.224 e. The third-order valence-corrected chi connectivity index (χ3v) is 5.00. The van der Waals surface area contributed by atoms with Gasteiger partial charge in [-0.15, -0.1) is 12.4 Å². The van der Waals surface area contributed by atoms with Crippen LogP contribution in [0.2, 0.25) is 0 Å². The van der Waals surface area contributed by atoms with E-state index in [0.29, 0.717) is 18.4 Å². The van der Waals surface area contributed by atoms with Gasteiger partial charge in [-0.25, -0.2) is 0 Å². The fraction of sp³-hybridized carbons (Fsp3) is 0.562. The standard InChI is InChI=1S/C16H23BrN2O.ClH/c1-10(2)16(3,9-18)19-15(20)14-8-13(14)11-5-4-6-12(17)7-11;/h4-7,10,13-14H,8-9,18H2,1-3H3,(H,19,20);1H. The van der Waals surface area contributed by atoms with E-state index in [2.05, 4.69) is 47.2 Å². The van der Waals surface area contributed by atoms with Crippen molar-refractivity contribution in [2.24, 2.45) is 17.6 Å². The largest absolute Gasteiger partial charge is 0.349 e. The Labute approximate surface area is 141 Å². The first-order valence-corrected chi connectivity index (χ1v) is 7.94. The van der Waals surface area contributed by atoms with Crippen LogP contribution >= 0.6 is 28.3 Å². The maximum absolute atomic E-state index is 12.4. The lowest BCUT2D eigenvalue weighted by Gasteiger charge is -2.33. The molecule has 118 valence electrons. The van der Waals surface area contributed by atoms with Gasteiger partial charge >= 0.3 is 0 Å². The number of rotatable bonds is 5. The monoisotopic (exact) mass is 374 g/mol. The zero-order valence-electron chi connectivity index (χ0n) is 12.7. The summed E-state index contributed by atoms with van der Waals surface area (Å²) < 4.78 is 1.06. The number of benzene rings is 1. The number of amides is 1. The summed E-state index contributed by atoms with van der Waals surface area (Å²) in [7, 11) is 0. The molecule has 3 atom stereocenters. The fourth-order valence-electron chi connectivity index (χ4n) is 2.40. The summed E-state index contributed by atoms with van der Waals surface area (Å²) in [4.78, 5) is 12.4. The van der Waals surface area contributed by atoms with Crippen molar-refractivity contribution in [3.63, 3.8) is 0 Å². The average Bonchev–Trinajstić information content (AvgIpc) is 3.18. The van der Waals surface area contributed by atoms with Crippen LogP contribution in [0.5, 0.6) is 0 Å². The zero-order chi connectivity index (χ0) is 14.9. The second kappa shape index (κ2) is 7.12. The minimum absolute atomic E-state index is 0. The van der Waals surface area contributed by atoms with Gasteiger partial charge in [-0.3, -0.25) is 4.79 Å². The van der Waals surface area contributed by atoms with Gasteiger partial charge in [0.15, 0.2) is 0 Å². The van der Waals surface area contributed by atoms with Crippen LogP contribution in [0.1, 0.15) is 38.7 Å². The van der Waals surface area contributed by atoms with Crippen LogP contribution in [0.25, 0.3) is 0 Å². The number of hydrogen-bond donors (Lipinski definition) is 2. The first kappa shape index (κ1) is 18.5. The van der Waals surface area contributed by atoms with Crippen molar-refractivity contribution >= 4 is 34.2 Å². The predicted octanol–water partition coefficient (Wildman–Crippen LogP) is 3.46. The van der Waals surface area contributed by atoms with Gasteiger partial charge in [-0.05, 0) is 42.9 Å². The van der Waals surface area contributed by atoms with Crippen molar-refractivity contribution < 1.29 is 4.79 Å². The van der Waals surface area contributed by atoms with E-state index in [1.807, 2.05) is 19.1 Å². The highest BCUT2D eigenvalue weighted by atomic mass is 79.9. The summed E-state index contributed by atoms with van der Waals surface area (Å²) in [5.41, 5.74) is 6.74. The topological polar surface area (TPSA) is 55.1 Å². The van der Waals surface area contributed by atoms with E-state index >= 15 is 0 Å². The van der Waals surface area contributed by atoms with Crippen LogP contribution in [0.3, 0.4) is 0 Å². The Hall–Kier alpha value is -0.580. The number of carbonyl (C=O) groups is 1. The summed E-state index contributed by atoms with van der Waals surface area (Å²) in [5.74, 6) is 0.895. The molecule has 1 aliphatic rings. The van der Waals surface area contributed by atoms with Crippen LogP contribution in [0, 0.1) is 11.8 Å². The van der Waals surface area contributed by atoms with Crippen LogP contribution < -0.4 is 11.1 Å². The molecular formula is C16H24BrClN2O. The third kappa shape index (κ3) is 4.21. The van der Waals surface area contributed by atoms with Crippen LogP contribution in [-0.2, 0) is 4.79 Å². The lowest BCUT2D eigenvalue weighted by molar-refractivity contribution is -0.124. The molecule has 3 unspecified atom stereocenters. The Morgan fingerprint density at radius 1 is 1.52 bits per heavy atom. The van der Waals surface area contributed by atoms with Gasteiger partial charge in [0, 0.05) is 16.9 Å². The SMILES string of the molecule is CC(C)C(C)(CN)NC(=O)C1CC1c1cccc(Br)c1.Cl. The zero-order valence-corrected chi connectivity index (χ0v) is 15.1. The van der Waals surface area contributed by atoms with E-state index < -0.39 is 0 Å². The molecule has 1 saturated carbocycles. The summed E-state index contributed by atoms with van der Waals surface area (Å²) in [6.45, 7) is 6.66. The molecule has 0 bridgehead atoms. The highest BCUT2D eigenvalue weighted by Gasteiger charge is 2.45. The van der Waals surface area contributed by atoms with Gasteiger partial charge in [0.1, 0.15) is 0 Å². The summed E-state index contributed by atoms with van der Waals surface area (Å²) in [6.07, 6.45) is 0.932. The lowest BCUT2D eigenvalue weighted by atomic mass is 9.88. The van der Waals surface area contributed by atoms with Gasteiger partial charge < -0.3 is 11.1 Å². The van der Waals surface area contributed by atoms with Crippen molar-refractivity contribution in [2.45, 2.75) is 38.6 Å². The second-order valence-corrected chi connectivity index (χ2v) is 7.18. The number of halogens is 2. The first-order chi connectivity index (χ1) is 9.37. The molecule has 1 aliphatic carbocycles. The molecule has 0 spiro atoms. The molecule has 1 aromatic carbocycles. The summed E-state index contributed by atoms with van der Waals surface area (Å²) in [5, 5.41) is 3.14. The van der Waals surface area contributed by atoms with Gasteiger partial charge in [0.25, 0.3) is 0 Å². The molecule has 1 aromatic rings. The van der Waals surface area contributed by atoms with E-state index in [1.54, 1.807) is 0 Å². The Bertz CT molecular complexity index is 509. The molecule has 1 fully saturated rings. The van der Waals surface area contributed by atoms with Crippen molar-refractivity contribution in [2.75, 3.05) is 6.54 Å².